The first-order valence-electron chi connectivity index (χ1n) is 9.98. The van der Waals surface area contributed by atoms with E-state index in [4.69, 9.17) is 4.74 Å². The molecule has 0 spiro atoms. The van der Waals surface area contributed by atoms with Crippen LogP contribution in [0.15, 0.2) is 28.6 Å². The third-order valence-corrected chi connectivity index (χ3v) is 6.36. The highest BCUT2D eigenvalue weighted by molar-refractivity contribution is 7.13. The van der Waals surface area contributed by atoms with Crippen LogP contribution in [-0.4, -0.2) is 59.8 Å². The minimum Gasteiger partial charge on any atom is -0.477 e. The Morgan fingerprint density at radius 1 is 1.44 bits per heavy atom. The monoisotopic (exact) mass is 463 g/mol. The molecule has 2 aromatic heterocycles. The van der Waals surface area contributed by atoms with Crippen molar-refractivity contribution in [1.29, 1.82) is 0 Å². The van der Waals surface area contributed by atoms with Gasteiger partial charge in [-0.05, 0) is 12.5 Å². The van der Waals surface area contributed by atoms with E-state index in [2.05, 4.69) is 10.3 Å². The van der Waals surface area contributed by atoms with Gasteiger partial charge in [-0.3, -0.25) is 14.5 Å². The van der Waals surface area contributed by atoms with Crippen LogP contribution in [-0.2, 0) is 0 Å². The molecule has 9 nitrogen and oxygen atoms in total. The lowest BCUT2D eigenvalue weighted by atomic mass is 10.1. The molecular formula is C20H19F2N5O4S. The van der Waals surface area contributed by atoms with Crippen LogP contribution in [0.3, 0.4) is 0 Å². The van der Waals surface area contributed by atoms with E-state index in [1.165, 1.54) is 21.0 Å². The van der Waals surface area contributed by atoms with E-state index < -0.39 is 29.5 Å². The number of nitrogens with zero attached hydrogens (tertiary/aromatic N) is 4. The molecule has 0 bridgehead atoms. The van der Waals surface area contributed by atoms with Gasteiger partial charge in [-0.2, -0.15) is 0 Å². The van der Waals surface area contributed by atoms with Gasteiger partial charge in [0, 0.05) is 36.9 Å². The molecule has 12 heteroatoms. The van der Waals surface area contributed by atoms with Crippen LogP contribution >= 0.6 is 11.3 Å². The van der Waals surface area contributed by atoms with Crippen LogP contribution in [0.25, 0.3) is 10.9 Å². The fourth-order valence-electron chi connectivity index (χ4n) is 4.23. The average molecular weight is 463 g/mol. The molecule has 0 aliphatic carbocycles. The summed E-state index contributed by atoms with van der Waals surface area (Å²) in [6, 6.07) is 1.09. The van der Waals surface area contributed by atoms with Crippen molar-refractivity contribution >= 4 is 39.0 Å². The molecule has 2 aliphatic heterocycles. The molecule has 32 heavy (non-hydrogen) atoms. The molecule has 1 aromatic carbocycles. The van der Waals surface area contributed by atoms with Gasteiger partial charge in [0.05, 0.1) is 11.9 Å². The summed E-state index contributed by atoms with van der Waals surface area (Å²) in [6.45, 7) is 0.141. The first-order chi connectivity index (χ1) is 15.5. The largest absolute Gasteiger partial charge is 0.477 e. The van der Waals surface area contributed by atoms with Gasteiger partial charge in [-0.15, -0.1) is 11.3 Å². The first-order valence-corrected chi connectivity index (χ1v) is 10.9. The number of carboxylic acid groups (broad SMARTS) is 1. The predicted molar refractivity (Wildman–Crippen MR) is 116 cm³/mol. The Labute approximate surface area is 184 Å². The van der Waals surface area contributed by atoms with E-state index in [1.54, 1.807) is 6.20 Å². The quantitative estimate of drug-likeness (QED) is 0.574. The van der Waals surface area contributed by atoms with E-state index in [0.717, 1.165) is 23.8 Å². The van der Waals surface area contributed by atoms with E-state index in [9.17, 15) is 19.1 Å². The van der Waals surface area contributed by atoms with Crippen molar-refractivity contribution in [1.82, 2.24) is 9.66 Å². The SMILES string of the molecule is O=C(O)c1cn2c3c(c(N4CC[C@@H](Nc5nccs5)C4)c(F)cc3c1=O)OCN2CCF. The smallest absolute Gasteiger partial charge is 0.341 e. The molecule has 4 heterocycles. The molecule has 5 rings (SSSR count). The van der Waals surface area contributed by atoms with Gasteiger partial charge in [0.2, 0.25) is 5.43 Å². The number of thiazole rings is 1. The topological polar surface area (TPSA) is 99.9 Å². The summed E-state index contributed by atoms with van der Waals surface area (Å²) in [4.78, 5) is 30.4. The molecule has 0 unspecified atom stereocenters. The maximum atomic E-state index is 15.3. The van der Waals surface area contributed by atoms with Crippen LogP contribution in [0.4, 0.5) is 19.6 Å². The second-order valence-electron chi connectivity index (χ2n) is 7.56. The van der Waals surface area contributed by atoms with E-state index in [1.807, 2.05) is 10.3 Å². The number of nitrogens with one attached hydrogen (secondary N) is 1. The number of pyridine rings is 1. The summed E-state index contributed by atoms with van der Waals surface area (Å²) in [7, 11) is 0. The second-order valence-corrected chi connectivity index (χ2v) is 8.45. The number of carboxylic acids is 1. The van der Waals surface area contributed by atoms with Crippen LogP contribution in [0.2, 0.25) is 0 Å². The third kappa shape index (κ3) is 3.30. The highest BCUT2D eigenvalue weighted by Gasteiger charge is 2.33. The predicted octanol–water partition coefficient (Wildman–Crippen LogP) is 2.24. The fourth-order valence-corrected chi connectivity index (χ4v) is 4.83. The van der Waals surface area contributed by atoms with Crippen LogP contribution in [0.1, 0.15) is 16.8 Å². The van der Waals surface area contributed by atoms with E-state index >= 15 is 4.39 Å². The van der Waals surface area contributed by atoms with Gasteiger partial charge in [0.25, 0.3) is 0 Å². The van der Waals surface area contributed by atoms with Crippen LogP contribution in [0.5, 0.6) is 5.75 Å². The number of benzene rings is 1. The number of rotatable bonds is 6. The molecule has 1 saturated heterocycles. The second kappa shape index (κ2) is 7.93. The molecule has 0 amide bonds. The summed E-state index contributed by atoms with van der Waals surface area (Å²) in [5.74, 6) is -1.96. The minimum atomic E-state index is -1.44. The summed E-state index contributed by atoms with van der Waals surface area (Å²) in [6.07, 6.45) is 3.59. The maximum Gasteiger partial charge on any atom is 0.341 e. The van der Waals surface area contributed by atoms with Crippen molar-refractivity contribution in [3.8, 4) is 5.75 Å². The number of aromatic carboxylic acids is 1. The van der Waals surface area contributed by atoms with Crippen LogP contribution < -0.4 is 25.4 Å². The van der Waals surface area contributed by atoms with E-state index in [0.29, 0.717) is 13.1 Å². The molecule has 1 fully saturated rings. The van der Waals surface area contributed by atoms with Gasteiger partial charge in [0.15, 0.2) is 23.4 Å². The number of ether oxygens (including phenoxy) is 1. The highest BCUT2D eigenvalue weighted by Crippen LogP contribution is 2.41. The van der Waals surface area contributed by atoms with Crippen molar-refractivity contribution in [2.45, 2.75) is 12.5 Å². The summed E-state index contributed by atoms with van der Waals surface area (Å²) in [5, 5.41) is 16.7. The Balaban J connectivity index is 1.61. The molecule has 0 radical (unpaired) electrons. The van der Waals surface area contributed by atoms with Crippen molar-refractivity contribution in [3.63, 3.8) is 0 Å². The Bertz CT molecular complexity index is 1250. The van der Waals surface area contributed by atoms with Crippen molar-refractivity contribution < 1.29 is 23.4 Å². The van der Waals surface area contributed by atoms with Gasteiger partial charge >= 0.3 is 5.97 Å². The van der Waals surface area contributed by atoms with Gasteiger partial charge in [-0.1, -0.05) is 0 Å². The summed E-state index contributed by atoms with van der Waals surface area (Å²) in [5.41, 5.74) is -0.898. The number of halogens is 2. The Morgan fingerprint density at radius 3 is 3.00 bits per heavy atom. The number of hydrogen-bond donors (Lipinski definition) is 2. The fraction of sp³-hybridized carbons (Fsp3) is 0.350. The van der Waals surface area contributed by atoms with E-state index in [-0.39, 0.29) is 41.7 Å². The Kier molecular flexibility index (Phi) is 5.08. The lowest BCUT2D eigenvalue weighted by molar-refractivity contribution is 0.0694. The molecular weight excluding hydrogens is 444 g/mol. The first kappa shape index (κ1) is 20.5. The molecule has 168 valence electrons. The lowest BCUT2D eigenvalue weighted by Gasteiger charge is -2.35. The third-order valence-electron chi connectivity index (χ3n) is 5.65. The Hall–Kier alpha value is -3.41. The lowest BCUT2D eigenvalue weighted by Crippen LogP contribution is -2.44. The summed E-state index contributed by atoms with van der Waals surface area (Å²) >= 11 is 1.48. The minimum absolute atomic E-state index is 0.0478. The average Bonchev–Trinajstić information content (AvgIpc) is 3.44. The number of carbonyl (C=O) groups is 1. The van der Waals surface area contributed by atoms with Crippen LogP contribution in [0, 0.1) is 5.82 Å². The number of alkyl halides is 1. The number of hydrogen-bond acceptors (Lipinski definition) is 8. The highest BCUT2D eigenvalue weighted by atomic mass is 32.1. The molecule has 2 aliphatic rings. The zero-order valence-corrected chi connectivity index (χ0v) is 17.6. The number of anilines is 2. The summed E-state index contributed by atoms with van der Waals surface area (Å²) < 4.78 is 35.6. The van der Waals surface area contributed by atoms with Gasteiger partial charge in [-0.25, -0.2) is 18.6 Å². The normalized spacial score (nSPS) is 17.6. The molecule has 0 saturated carbocycles. The molecule has 1 atom stereocenters. The number of aromatic nitrogens is 2. The van der Waals surface area contributed by atoms with Gasteiger partial charge in [0.1, 0.15) is 23.4 Å². The molecule has 2 N–H and O–H groups in total. The zero-order valence-electron chi connectivity index (χ0n) is 16.8. The van der Waals surface area contributed by atoms with Gasteiger partial charge < -0.3 is 20.1 Å². The van der Waals surface area contributed by atoms with Crippen molar-refractivity contribution in [2.24, 2.45) is 0 Å². The van der Waals surface area contributed by atoms with Crippen molar-refractivity contribution in [2.75, 3.05) is 48.3 Å². The zero-order chi connectivity index (χ0) is 22.4. The standard InChI is InChI=1S/C20H19F2N5O4S/c21-2-5-26-10-31-18-15-12(17(28)13(19(29)30)9-27(15)26)7-14(22)16(18)25-4-1-11(8-25)24-20-23-3-6-32-20/h3,6-7,9,11H,1-2,4-5,8,10H2,(H,23,24)(H,29,30)/t11-/m1/s1. The Morgan fingerprint density at radius 2 is 2.28 bits per heavy atom. The molecule has 3 aromatic rings. The van der Waals surface area contributed by atoms with Crippen molar-refractivity contribution in [3.05, 3.63) is 45.4 Å². The maximum absolute atomic E-state index is 15.3.